The fraction of sp³-hybridized carbons (Fsp3) is 0.519. The number of rotatable bonds is 7. The fourth-order valence-electron chi connectivity index (χ4n) is 5.62. The third-order valence-corrected chi connectivity index (χ3v) is 7.43. The van der Waals surface area contributed by atoms with Crippen LogP contribution in [0.1, 0.15) is 48.8 Å². The molecule has 2 aromatic rings. The number of nitrogens with zero attached hydrogens (tertiary/aromatic N) is 1. The molecule has 0 unspecified atom stereocenters. The summed E-state index contributed by atoms with van der Waals surface area (Å²) in [6.45, 7) is 2.69. The molecule has 1 aliphatic carbocycles. The van der Waals surface area contributed by atoms with E-state index in [1.165, 1.54) is 42.4 Å². The molecule has 2 aromatic carbocycles. The predicted molar refractivity (Wildman–Crippen MR) is 127 cm³/mol. The van der Waals surface area contributed by atoms with E-state index in [-0.39, 0.29) is 11.6 Å². The van der Waals surface area contributed by atoms with Crippen LogP contribution >= 0.6 is 0 Å². The van der Waals surface area contributed by atoms with Crippen LogP contribution < -0.4 is 10.1 Å². The summed E-state index contributed by atoms with van der Waals surface area (Å²) in [7, 11) is 4.43. The van der Waals surface area contributed by atoms with Gasteiger partial charge in [0.2, 0.25) is 0 Å². The Morgan fingerprint density at radius 1 is 1.16 bits per heavy atom. The number of carboxylic acid groups (broad SMARTS) is 1. The second-order valence-corrected chi connectivity index (χ2v) is 9.87. The molecular formula is C27H36N2O3. The minimum Gasteiger partial charge on any atom is -0.489 e. The Morgan fingerprint density at radius 2 is 1.88 bits per heavy atom. The largest absolute Gasteiger partial charge is 0.489 e. The van der Waals surface area contributed by atoms with E-state index in [4.69, 9.17) is 4.74 Å². The monoisotopic (exact) mass is 436 g/mol. The molecule has 1 aliphatic heterocycles. The summed E-state index contributed by atoms with van der Waals surface area (Å²) in [4.78, 5) is 13.6. The number of carbonyl (C=O) groups is 1. The van der Waals surface area contributed by atoms with E-state index in [2.05, 4.69) is 79.8 Å². The minimum absolute atomic E-state index is 0.0907. The first-order valence-electron chi connectivity index (χ1n) is 11.8. The lowest BCUT2D eigenvalue weighted by Crippen LogP contribution is -2.44. The molecule has 0 amide bonds. The summed E-state index contributed by atoms with van der Waals surface area (Å²) in [5.74, 6) is 0.731. The molecule has 0 spiro atoms. The zero-order valence-corrected chi connectivity index (χ0v) is 19.5. The molecule has 2 N–H and O–H groups in total. The number of aliphatic carboxylic acids is 1. The molecule has 0 radical (unpaired) electrons. The lowest BCUT2D eigenvalue weighted by atomic mass is 9.70. The molecule has 2 aliphatic rings. The Balaban J connectivity index is 1.39. The molecule has 2 fully saturated rings. The van der Waals surface area contributed by atoms with Gasteiger partial charge in [0.05, 0.1) is 0 Å². The SMILES string of the molecule is Cc1cc(CC2CCC(c3ccccc3)(N(C)C)CC2)cc(O[C@@H]2CN[C@H](C(=O)O)C2)c1. The Kier molecular flexibility index (Phi) is 6.87. The summed E-state index contributed by atoms with van der Waals surface area (Å²) in [5.41, 5.74) is 4.08. The standard InChI is InChI=1S/C27H36N2O3/c1-19-13-21(16-23(14-19)32-24-17-25(26(30)31)28-18-24)15-20-9-11-27(12-10-20,29(2)3)22-7-5-4-6-8-22/h4-8,13-14,16,20,24-25,28H,9-12,15,17-18H2,1-3H3,(H,30,31)/t20?,24-,25-,27?/m0/s1. The van der Waals surface area contributed by atoms with Crippen molar-refractivity contribution in [1.82, 2.24) is 10.2 Å². The normalized spacial score (nSPS) is 28.1. The van der Waals surface area contributed by atoms with E-state index < -0.39 is 12.0 Å². The molecule has 5 nitrogen and oxygen atoms in total. The first-order valence-corrected chi connectivity index (χ1v) is 11.8. The summed E-state index contributed by atoms with van der Waals surface area (Å²) in [5, 5.41) is 12.2. The maximum absolute atomic E-state index is 11.2. The van der Waals surface area contributed by atoms with Gasteiger partial charge in [-0.05, 0) is 87.9 Å². The van der Waals surface area contributed by atoms with Crippen molar-refractivity contribution in [1.29, 1.82) is 0 Å². The van der Waals surface area contributed by atoms with Crippen LogP contribution in [0.25, 0.3) is 0 Å². The van der Waals surface area contributed by atoms with E-state index in [0.717, 1.165) is 12.2 Å². The molecule has 172 valence electrons. The van der Waals surface area contributed by atoms with Crippen molar-refractivity contribution >= 4 is 5.97 Å². The predicted octanol–water partition coefficient (Wildman–Crippen LogP) is 4.38. The number of carboxylic acids is 1. The first kappa shape index (κ1) is 22.8. The highest BCUT2D eigenvalue weighted by molar-refractivity contribution is 5.73. The molecule has 32 heavy (non-hydrogen) atoms. The Labute approximate surface area is 191 Å². The van der Waals surface area contributed by atoms with Gasteiger partial charge in [0.25, 0.3) is 0 Å². The van der Waals surface area contributed by atoms with Gasteiger partial charge >= 0.3 is 5.97 Å². The smallest absolute Gasteiger partial charge is 0.320 e. The van der Waals surface area contributed by atoms with Crippen molar-refractivity contribution in [3.63, 3.8) is 0 Å². The van der Waals surface area contributed by atoms with Crippen molar-refractivity contribution in [2.24, 2.45) is 5.92 Å². The van der Waals surface area contributed by atoms with Gasteiger partial charge in [0, 0.05) is 18.5 Å². The molecule has 5 heteroatoms. The van der Waals surface area contributed by atoms with Gasteiger partial charge in [-0.3, -0.25) is 9.69 Å². The van der Waals surface area contributed by atoms with E-state index in [0.29, 0.717) is 18.9 Å². The average Bonchev–Trinajstić information content (AvgIpc) is 3.23. The number of ether oxygens (including phenoxy) is 1. The third-order valence-electron chi connectivity index (χ3n) is 7.43. The maximum atomic E-state index is 11.2. The van der Waals surface area contributed by atoms with Gasteiger partial charge in [-0.15, -0.1) is 0 Å². The molecule has 1 heterocycles. The van der Waals surface area contributed by atoms with E-state index in [1.807, 2.05) is 0 Å². The molecule has 0 aromatic heterocycles. The topological polar surface area (TPSA) is 61.8 Å². The Morgan fingerprint density at radius 3 is 2.50 bits per heavy atom. The number of benzene rings is 2. The Hall–Kier alpha value is -2.37. The van der Waals surface area contributed by atoms with Crippen LogP contribution in [0.4, 0.5) is 0 Å². The number of hydrogen-bond acceptors (Lipinski definition) is 4. The van der Waals surface area contributed by atoms with Crippen molar-refractivity contribution in [2.75, 3.05) is 20.6 Å². The Bertz CT molecular complexity index is 920. The van der Waals surface area contributed by atoms with Crippen LogP contribution in [0.2, 0.25) is 0 Å². The molecule has 0 bridgehead atoms. The zero-order valence-electron chi connectivity index (χ0n) is 19.5. The summed E-state index contributed by atoms with van der Waals surface area (Å²) in [6.07, 6.45) is 6.26. The first-order chi connectivity index (χ1) is 15.4. The zero-order chi connectivity index (χ0) is 22.7. The summed E-state index contributed by atoms with van der Waals surface area (Å²) in [6, 6.07) is 16.9. The van der Waals surface area contributed by atoms with E-state index in [9.17, 15) is 9.90 Å². The molecule has 1 saturated heterocycles. The van der Waals surface area contributed by atoms with Gasteiger partial charge in [0.1, 0.15) is 17.9 Å². The van der Waals surface area contributed by atoms with E-state index >= 15 is 0 Å². The molecular weight excluding hydrogens is 400 g/mol. The minimum atomic E-state index is -0.803. The highest BCUT2D eigenvalue weighted by Gasteiger charge is 2.38. The average molecular weight is 437 g/mol. The van der Waals surface area contributed by atoms with Crippen LogP contribution in [-0.4, -0.2) is 48.8 Å². The second kappa shape index (κ2) is 9.63. The number of hydrogen-bond donors (Lipinski definition) is 2. The highest BCUT2D eigenvalue weighted by atomic mass is 16.5. The van der Waals surface area contributed by atoms with E-state index in [1.54, 1.807) is 0 Å². The quantitative estimate of drug-likeness (QED) is 0.675. The van der Waals surface area contributed by atoms with Crippen molar-refractivity contribution < 1.29 is 14.6 Å². The van der Waals surface area contributed by atoms with Crippen LogP contribution in [0.5, 0.6) is 5.75 Å². The van der Waals surface area contributed by atoms with Gasteiger partial charge in [-0.1, -0.05) is 36.4 Å². The van der Waals surface area contributed by atoms with Gasteiger partial charge in [-0.25, -0.2) is 0 Å². The molecule has 4 rings (SSSR count). The molecule has 2 atom stereocenters. The fourth-order valence-corrected chi connectivity index (χ4v) is 5.62. The van der Waals surface area contributed by atoms with Crippen LogP contribution in [-0.2, 0) is 16.8 Å². The van der Waals surface area contributed by atoms with Crippen molar-refractivity contribution in [2.45, 2.75) is 63.1 Å². The summed E-state index contributed by atoms with van der Waals surface area (Å²) >= 11 is 0. The lowest BCUT2D eigenvalue weighted by Gasteiger charge is -2.45. The number of nitrogens with one attached hydrogen (secondary N) is 1. The van der Waals surface area contributed by atoms with Crippen molar-refractivity contribution in [3.05, 3.63) is 65.2 Å². The van der Waals surface area contributed by atoms with Gasteiger partial charge in [0.15, 0.2) is 0 Å². The lowest BCUT2D eigenvalue weighted by molar-refractivity contribution is -0.139. The van der Waals surface area contributed by atoms with Crippen LogP contribution in [0.3, 0.4) is 0 Å². The second-order valence-electron chi connectivity index (χ2n) is 9.87. The van der Waals surface area contributed by atoms with Gasteiger partial charge in [-0.2, -0.15) is 0 Å². The molecule has 1 saturated carbocycles. The highest BCUT2D eigenvalue weighted by Crippen LogP contribution is 2.44. The maximum Gasteiger partial charge on any atom is 0.320 e. The number of aryl methyl sites for hydroxylation is 1. The van der Waals surface area contributed by atoms with Crippen LogP contribution in [0.15, 0.2) is 48.5 Å². The van der Waals surface area contributed by atoms with Crippen molar-refractivity contribution in [3.8, 4) is 5.75 Å². The third kappa shape index (κ3) is 5.00. The van der Waals surface area contributed by atoms with Gasteiger partial charge < -0.3 is 15.2 Å². The summed E-state index contributed by atoms with van der Waals surface area (Å²) < 4.78 is 6.16. The van der Waals surface area contributed by atoms with Crippen LogP contribution in [0, 0.1) is 12.8 Å².